The Labute approximate surface area is 134 Å². The Morgan fingerprint density at radius 1 is 1.26 bits per heavy atom. The molecule has 23 heavy (non-hydrogen) atoms. The Balaban J connectivity index is 1.62. The molecule has 0 spiro atoms. The Morgan fingerprint density at radius 3 is 2.48 bits per heavy atom. The van der Waals surface area contributed by atoms with Crippen molar-refractivity contribution >= 4 is 17.7 Å². The van der Waals surface area contributed by atoms with Gasteiger partial charge in [-0.1, -0.05) is 12.1 Å². The number of carbonyl (C=O) groups excluding carboxylic acids is 3. The van der Waals surface area contributed by atoms with Crippen molar-refractivity contribution in [3.05, 3.63) is 29.8 Å². The summed E-state index contributed by atoms with van der Waals surface area (Å²) in [5.74, 6) is 0.0762. The molecule has 1 N–H and O–H groups in total. The van der Waals surface area contributed by atoms with Crippen molar-refractivity contribution in [2.75, 3.05) is 7.11 Å². The van der Waals surface area contributed by atoms with Crippen molar-refractivity contribution < 1.29 is 19.1 Å². The lowest BCUT2D eigenvalue weighted by Gasteiger charge is -2.26. The van der Waals surface area contributed by atoms with Crippen molar-refractivity contribution in [2.24, 2.45) is 0 Å². The van der Waals surface area contributed by atoms with Crippen molar-refractivity contribution in [3.8, 4) is 5.75 Å². The van der Waals surface area contributed by atoms with Crippen LogP contribution in [0.1, 0.15) is 31.2 Å². The summed E-state index contributed by atoms with van der Waals surface area (Å²) in [5.41, 5.74) is 1.04. The zero-order chi connectivity index (χ0) is 16.4. The number of amides is 3. The quantitative estimate of drug-likeness (QED) is 0.796. The monoisotopic (exact) mass is 316 g/mol. The molecule has 122 valence electrons. The number of ether oxygens (including phenoxy) is 1. The average Bonchev–Trinajstić information content (AvgIpc) is 3.31. The molecule has 0 aromatic heterocycles. The second kappa shape index (κ2) is 6.40. The number of carbonyl (C=O) groups is 3. The maximum atomic E-state index is 12.6. The minimum absolute atomic E-state index is 0.0573. The normalized spacial score (nSPS) is 20.3. The van der Waals surface area contributed by atoms with E-state index < -0.39 is 6.04 Å². The number of rotatable bonds is 6. The van der Waals surface area contributed by atoms with E-state index in [1.165, 1.54) is 0 Å². The first-order valence-electron chi connectivity index (χ1n) is 7.86. The van der Waals surface area contributed by atoms with E-state index in [0.29, 0.717) is 12.8 Å². The molecule has 3 amide bonds. The summed E-state index contributed by atoms with van der Waals surface area (Å²) < 4.78 is 5.11. The fraction of sp³-hybridized carbons (Fsp3) is 0.471. The van der Waals surface area contributed by atoms with Crippen LogP contribution in [-0.2, 0) is 20.8 Å². The Kier molecular flexibility index (Phi) is 4.32. The van der Waals surface area contributed by atoms with Crippen LogP contribution in [-0.4, -0.2) is 41.8 Å². The molecule has 3 rings (SSSR count). The third-order valence-electron chi connectivity index (χ3n) is 4.29. The zero-order valence-electron chi connectivity index (χ0n) is 13.1. The molecule has 2 aliphatic rings. The van der Waals surface area contributed by atoms with Crippen LogP contribution in [0.25, 0.3) is 0 Å². The molecule has 1 saturated carbocycles. The number of nitrogens with one attached hydrogen (secondary N) is 1. The number of nitrogens with zero attached hydrogens (tertiary/aromatic N) is 1. The van der Waals surface area contributed by atoms with Crippen LogP contribution >= 0.6 is 0 Å². The summed E-state index contributed by atoms with van der Waals surface area (Å²) >= 11 is 0. The topological polar surface area (TPSA) is 75.7 Å². The van der Waals surface area contributed by atoms with Crippen LogP contribution in [0, 0.1) is 0 Å². The minimum Gasteiger partial charge on any atom is -0.497 e. The molecule has 0 bridgehead atoms. The highest BCUT2D eigenvalue weighted by Gasteiger charge is 2.44. The van der Waals surface area contributed by atoms with Crippen molar-refractivity contribution in [1.82, 2.24) is 10.2 Å². The van der Waals surface area contributed by atoms with E-state index in [4.69, 9.17) is 4.74 Å². The molecule has 1 heterocycles. The Morgan fingerprint density at radius 2 is 1.96 bits per heavy atom. The number of imide groups is 1. The van der Waals surface area contributed by atoms with Crippen LogP contribution < -0.4 is 10.1 Å². The van der Waals surface area contributed by atoms with E-state index in [2.05, 4.69) is 5.32 Å². The summed E-state index contributed by atoms with van der Waals surface area (Å²) in [6.07, 6.45) is 2.84. The maximum absolute atomic E-state index is 12.6. The van der Waals surface area contributed by atoms with E-state index in [9.17, 15) is 14.4 Å². The lowest BCUT2D eigenvalue weighted by atomic mass is 10.1. The lowest BCUT2D eigenvalue weighted by Crippen LogP contribution is -2.46. The molecule has 0 radical (unpaired) electrons. The second-order valence-electron chi connectivity index (χ2n) is 6.01. The molecule has 1 aliphatic carbocycles. The zero-order valence-corrected chi connectivity index (χ0v) is 13.1. The molecule has 1 unspecified atom stereocenters. The second-order valence-corrected chi connectivity index (χ2v) is 6.01. The van der Waals surface area contributed by atoms with Gasteiger partial charge in [0.2, 0.25) is 17.7 Å². The van der Waals surface area contributed by atoms with E-state index >= 15 is 0 Å². The van der Waals surface area contributed by atoms with Gasteiger partial charge < -0.3 is 9.64 Å². The first-order valence-corrected chi connectivity index (χ1v) is 7.86. The molecule has 6 nitrogen and oxygen atoms in total. The standard InChI is InChI=1S/C17H20N2O4/c1-23-13-7-2-11(3-8-13)4-9-16(21)19(12-5-6-12)14-10-15(20)18-17(14)22/h2-3,7-8,12,14H,4-6,9-10H2,1H3,(H,18,20,22). The highest BCUT2D eigenvalue weighted by atomic mass is 16.5. The van der Waals surface area contributed by atoms with Crippen molar-refractivity contribution in [2.45, 2.75) is 44.2 Å². The molecular formula is C17H20N2O4. The molecule has 1 aromatic carbocycles. The van der Waals surface area contributed by atoms with Gasteiger partial charge in [0.1, 0.15) is 11.8 Å². The van der Waals surface area contributed by atoms with Crippen LogP contribution in [0.3, 0.4) is 0 Å². The largest absolute Gasteiger partial charge is 0.497 e. The lowest BCUT2D eigenvalue weighted by molar-refractivity contribution is -0.139. The number of methoxy groups -OCH3 is 1. The summed E-state index contributed by atoms with van der Waals surface area (Å²) in [5, 5.41) is 2.29. The predicted octanol–water partition coefficient (Wildman–Crippen LogP) is 1.03. The van der Waals surface area contributed by atoms with E-state index in [1.807, 2.05) is 24.3 Å². The van der Waals surface area contributed by atoms with Gasteiger partial charge in [0.15, 0.2) is 0 Å². The van der Waals surface area contributed by atoms with Crippen molar-refractivity contribution in [3.63, 3.8) is 0 Å². The number of aryl methyl sites for hydroxylation is 1. The average molecular weight is 316 g/mol. The third-order valence-corrected chi connectivity index (χ3v) is 4.29. The Bertz CT molecular complexity index is 622. The van der Waals surface area contributed by atoms with Crippen LogP contribution in [0.2, 0.25) is 0 Å². The molecule has 1 atom stereocenters. The van der Waals surface area contributed by atoms with Gasteiger partial charge in [-0.15, -0.1) is 0 Å². The van der Waals surface area contributed by atoms with Gasteiger partial charge in [0, 0.05) is 12.5 Å². The first kappa shape index (κ1) is 15.5. The Hall–Kier alpha value is -2.37. The van der Waals surface area contributed by atoms with Crippen molar-refractivity contribution in [1.29, 1.82) is 0 Å². The van der Waals surface area contributed by atoms with Crippen LogP contribution in [0.4, 0.5) is 0 Å². The van der Waals surface area contributed by atoms with Crippen LogP contribution in [0.5, 0.6) is 5.75 Å². The molecule has 2 fully saturated rings. The SMILES string of the molecule is COc1ccc(CCC(=O)N(C2CC2)C2CC(=O)NC2=O)cc1. The van der Waals surface area contributed by atoms with Gasteiger partial charge in [-0.2, -0.15) is 0 Å². The number of hydrogen-bond acceptors (Lipinski definition) is 4. The molecule has 1 aliphatic heterocycles. The van der Waals surface area contributed by atoms with Gasteiger partial charge in [-0.3, -0.25) is 19.7 Å². The fourth-order valence-electron chi connectivity index (χ4n) is 2.92. The van der Waals surface area contributed by atoms with Gasteiger partial charge in [-0.25, -0.2) is 0 Å². The van der Waals surface area contributed by atoms with E-state index in [0.717, 1.165) is 24.2 Å². The first-order chi connectivity index (χ1) is 11.1. The van der Waals surface area contributed by atoms with Gasteiger partial charge in [0.05, 0.1) is 13.5 Å². The molecular weight excluding hydrogens is 296 g/mol. The summed E-state index contributed by atoms with van der Waals surface area (Å²) in [4.78, 5) is 37.5. The summed E-state index contributed by atoms with van der Waals surface area (Å²) in [7, 11) is 1.61. The smallest absolute Gasteiger partial charge is 0.249 e. The van der Waals surface area contributed by atoms with Gasteiger partial charge in [0.25, 0.3) is 0 Å². The predicted molar refractivity (Wildman–Crippen MR) is 82.7 cm³/mol. The highest BCUT2D eigenvalue weighted by molar-refractivity contribution is 6.06. The highest BCUT2D eigenvalue weighted by Crippen LogP contribution is 2.31. The fourth-order valence-corrected chi connectivity index (χ4v) is 2.92. The number of benzene rings is 1. The summed E-state index contributed by atoms with van der Waals surface area (Å²) in [6, 6.07) is 7.07. The van der Waals surface area contributed by atoms with E-state index in [1.54, 1.807) is 12.0 Å². The van der Waals surface area contributed by atoms with E-state index in [-0.39, 0.29) is 30.2 Å². The number of hydrogen-bond donors (Lipinski definition) is 1. The maximum Gasteiger partial charge on any atom is 0.249 e. The van der Waals surface area contributed by atoms with Gasteiger partial charge in [-0.05, 0) is 37.0 Å². The molecule has 6 heteroatoms. The molecule has 1 saturated heterocycles. The van der Waals surface area contributed by atoms with Crippen LogP contribution in [0.15, 0.2) is 24.3 Å². The van der Waals surface area contributed by atoms with Gasteiger partial charge >= 0.3 is 0 Å². The third kappa shape index (κ3) is 3.52. The summed E-state index contributed by atoms with van der Waals surface area (Å²) in [6.45, 7) is 0. The minimum atomic E-state index is -0.627. The molecule has 1 aromatic rings.